The molecule has 0 radical (unpaired) electrons. The second-order valence-corrected chi connectivity index (χ2v) is 6.29. The highest BCUT2D eigenvalue weighted by molar-refractivity contribution is 9.10. The molecular formula is C15H22BrN. The molecule has 94 valence electrons. The Morgan fingerprint density at radius 3 is 2.94 bits per heavy atom. The van der Waals surface area contributed by atoms with Gasteiger partial charge in [0.2, 0.25) is 0 Å². The Morgan fingerprint density at radius 2 is 2.18 bits per heavy atom. The molecule has 1 saturated carbocycles. The number of rotatable bonds is 3. The molecule has 2 rings (SSSR count). The van der Waals surface area contributed by atoms with Crippen LogP contribution in [-0.2, 0) is 0 Å². The van der Waals surface area contributed by atoms with Crippen LogP contribution in [0.25, 0.3) is 0 Å². The Morgan fingerprint density at radius 1 is 1.35 bits per heavy atom. The summed E-state index contributed by atoms with van der Waals surface area (Å²) in [4.78, 5) is 0. The molecule has 1 fully saturated rings. The van der Waals surface area contributed by atoms with E-state index >= 15 is 0 Å². The maximum atomic E-state index is 3.61. The van der Waals surface area contributed by atoms with E-state index in [1.165, 1.54) is 41.4 Å². The van der Waals surface area contributed by atoms with Gasteiger partial charge in [-0.2, -0.15) is 0 Å². The summed E-state index contributed by atoms with van der Waals surface area (Å²) in [6, 6.07) is 6.37. The number of hydrogen-bond acceptors (Lipinski definition) is 1. The number of nitrogens with one attached hydrogen (secondary N) is 1. The smallest absolute Gasteiger partial charge is 0.0381 e. The van der Waals surface area contributed by atoms with Gasteiger partial charge in [-0.3, -0.25) is 0 Å². The van der Waals surface area contributed by atoms with Crippen molar-refractivity contribution in [2.45, 2.75) is 39.5 Å². The molecule has 0 aliphatic heterocycles. The lowest BCUT2D eigenvalue weighted by atomic mass is 9.82. The summed E-state index contributed by atoms with van der Waals surface area (Å²) in [6.45, 7) is 5.67. The molecule has 17 heavy (non-hydrogen) atoms. The first kappa shape index (κ1) is 12.9. The molecule has 1 aromatic carbocycles. The van der Waals surface area contributed by atoms with Crippen molar-refractivity contribution in [3.05, 3.63) is 28.2 Å². The SMILES string of the molecule is Cc1c(Br)cccc1NCC1CCCC(C)C1. The van der Waals surface area contributed by atoms with Crippen molar-refractivity contribution in [1.29, 1.82) is 0 Å². The van der Waals surface area contributed by atoms with Gasteiger partial charge in [0.05, 0.1) is 0 Å². The average molecular weight is 296 g/mol. The molecule has 0 aromatic heterocycles. The van der Waals surface area contributed by atoms with Crippen molar-refractivity contribution in [2.75, 3.05) is 11.9 Å². The maximum absolute atomic E-state index is 3.61. The second kappa shape index (κ2) is 5.90. The van der Waals surface area contributed by atoms with E-state index in [0.29, 0.717) is 0 Å². The van der Waals surface area contributed by atoms with Crippen LogP contribution in [0.1, 0.15) is 38.2 Å². The minimum atomic E-state index is 0.858. The largest absolute Gasteiger partial charge is 0.385 e. The summed E-state index contributed by atoms with van der Waals surface area (Å²) in [7, 11) is 0. The summed E-state index contributed by atoms with van der Waals surface area (Å²) in [5.74, 6) is 1.77. The van der Waals surface area contributed by atoms with Gasteiger partial charge >= 0.3 is 0 Å². The van der Waals surface area contributed by atoms with Crippen LogP contribution in [0.15, 0.2) is 22.7 Å². The third-order valence-electron chi connectivity index (χ3n) is 3.89. The van der Waals surface area contributed by atoms with Crippen molar-refractivity contribution in [1.82, 2.24) is 0 Å². The summed E-state index contributed by atoms with van der Waals surface area (Å²) in [5, 5.41) is 3.61. The van der Waals surface area contributed by atoms with E-state index in [9.17, 15) is 0 Å². The van der Waals surface area contributed by atoms with Gasteiger partial charge in [-0.1, -0.05) is 41.8 Å². The summed E-state index contributed by atoms with van der Waals surface area (Å²) >= 11 is 3.58. The van der Waals surface area contributed by atoms with E-state index in [0.717, 1.165) is 18.4 Å². The fraction of sp³-hybridized carbons (Fsp3) is 0.600. The number of halogens is 1. The Bertz CT molecular complexity index is 375. The van der Waals surface area contributed by atoms with Crippen molar-refractivity contribution in [3.63, 3.8) is 0 Å². The zero-order valence-electron chi connectivity index (χ0n) is 10.8. The average Bonchev–Trinajstić information content (AvgIpc) is 2.31. The van der Waals surface area contributed by atoms with Gasteiger partial charge in [0.25, 0.3) is 0 Å². The molecule has 1 nitrogen and oxygen atoms in total. The number of hydrogen-bond donors (Lipinski definition) is 1. The van der Waals surface area contributed by atoms with Crippen LogP contribution in [0.3, 0.4) is 0 Å². The Hall–Kier alpha value is -0.500. The highest BCUT2D eigenvalue weighted by Gasteiger charge is 2.18. The third-order valence-corrected chi connectivity index (χ3v) is 4.75. The van der Waals surface area contributed by atoms with E-state index in [1.54, 1.807) is 0 Å². The molecule has 0 bridgehead atoms. The maximum Gasteiger partial charge on any atom is 0.0381 e. The Balaban J connectivity index is 1.91. The van der Waals surface area contributed by atoms with Crippen LogP contribution < -0.4 is 5.32 Å². The van der Waals surface area contributed by atoms with Crippen molar-refractivity contribution in [2.24, 2.45) is 11.8 Å². The minimum absolute atomic E-state index is 0.858. The Kier molecular flexibility index (Phi) is 4.49. The van der Waals surface area contributed by atoms with E-state index < -0.39 is 0 Å². The first-order chi connectivity index (χ1) is 8.16. The fourth-order valence-electron chi connectivity index (χ4n) is 2.80. The standard InChI is InChI=1S/C15H22BrN/c1-11-5-3-6-13(9-11)10-17-15-8-4-7-14(16)12(15)2/h4,7-8,11,13,17H,3,5-6,9-10H2,1-2H3. The molecule has 0 amide bonds. The predicted molar refractivity (Wildman–Crippen MR) is 78.5 cm³/mol. The van der Waals surface area contributed by atoms with Crippen LogP contribution >= 0.6 is 15.9 Å². The van der Waals surface area contributed by atoms with Gasteiger partial charge in [-0.15, -0.1) is 0 Å². The van der Waals surface area contributed by atoms with E-state index in [1.807, 2.05) is 0 Å². The van der Waals surface area contributed by atoms with Crippen molar-refractivity contribution < 1.29 is 0 Å². The molecule has 0 saturated heterocycles. The third kappa shape index (κ3) is 3.48. The first-order valence-corrected chi connectivity index (χ1v) is 7.45. The van der Waals surface area contributed by atoms with Crippen LogP contribution in [0.5, 0.6) is 0 Å². The molecule has 2 unspecified atom stereocenters. The van der Waals surface area contributed by atoms with Gasteiger partial charge in [0.1, 0.15) is 0 Å². The minimum Gasteiger partial charge on any atom is -0.385 e. The molecule has 0 spiro atoms. The molecule has 2 atom stereocenters. The quantitative estimate of drug-likeness (QED) is 0.828. The zero-order valence-corrected chi connectivity index (χ0v) is 12.4. The summed E-state index contributed by atoms with van der Waals surface area (Å²) in [6.07, 6.45) is 5.61. The van der Waals surface area contributed by atoms with Gasteiger partial charge in [0.15, 0.2) is 0 Å². The monoisotopic (exact) mass is 295 g/mol. The molecule has 2 heteroatoms. The second-order valence-electron chi connectivity index (χ2n) is 5.43. The van der Waals surface area contributed by atoms with E-state index in [2.05, 4.69) is 53.3 Å². The molecule has 0 heterocycles. The highest BCUT2D eigenvalue weighted by atomic mass is 79.9. The van der Waals surface area contributed by atoms with E-state index in [4.69, 9.17) is 0 Å². The summed E-state index contributed by atoms with van der Waals surface area (Å²) < 4.78 is 1.19. The highest BCUT2D eigenvalue weighted by Crippen LogP contribution is 2.29. The first-order valence-electron chi connectivity index (χ1n) is 6.66. The van der Waals surface area contributed by atoms with Crippen LogP contribution in [0.4, 0.5) is 5.69 Å². The zero-order chi connectivity index (χ0) is 12.3. The van der Waals surface area contributed by atoms with Crippen molar-refractivity contribution in [3.8, 4) is 0 Å². The van der Waals surface area contributed by atoms with Gasteiger partial charge in [-0.25, -0.2) is 0 Å². The van der Waals surface area contributed by atoms with E-state index in [-0.39, 0.29) is 0 Å². The topological polar surface area (TPSA) is 12.0 Å². The number of anilines is 1. The van der Waals surface area contributed by atoms with Crippen molar-refractivity contribution >= 4 is 21.6 Å². The molecule has 1 N–H and O–H groups in total. The van der Waals surface area contributed by atoms with Crippen LogP contribution in [0, 0.1) is 18.8 Å². The van der Waals surface area contributed by atoms with Crippen LogP contribution in [-0.4, -0.2) is 6.54 Å². The normalized spacial score (nSPS) is 24.6. The Labute approximate surface area is 113 Å². The molecule has 1 aliphatic carbocycles. The van der Waals surface area contributed by atoms with Gasteiger partial charge in [-0.05, 0) is 49.3 Å². The van der Waals surface area contributed by atoms with Gasteiger partial charge in [0, 0.05) is 16.7 Å². The molecule has 1 aromatic rings. The predicted octanol–water partition coefficient (Wildman–Crippen LogP) is 5.00. The number of benzene rings is 1. The fourth-order valence-corrected chi connectivity index (χ4v) is 3.16. The summed E-state index contributed by atoms with van der Waals surface area (Å²) in [5.41, 5.74) is 2.59. The lowest BCUT2D eigenvalue weighted by molar-refractivity contribution is 0.293. The molecular weight excluding hydrogens is 274 g/mol. The van der Waals surface area contributed by atoms with Crippen LogP contribution in [0.2, 0.25) is 0 Å². The van der Waals surface area contributed by atoms with Gasteiger partial charge < -0.3 is 5.32 Å². The molecule has 1 aliphatic rings. The lowest BCUT2D eigenvalue weighted by Gasteiger charge is -2.27. The lowest BCUT2D eigenvalue weighted by Crippen LogP contribution is -2.21.